The highest BCUT2D eigenvalue weighted by Crippen LogP contribution is 2.16. The van der Waals surface area contributed by atoms with Crippen molar-refractivity contribution in [3.63, 3.8) is 0 Å². The van der Waals surface area contributed by atoms with Gasteiger partial charge >= 0.3 is 0 Å². The maximum absolute atomic E-state index is 13.0. The summed E-state index contributed by atoms with van der Waals surface area (Å²) in [5.41, 5.74) is 2.71. The summed E-state index contributed by atoms with van der Waals surface area (Å²) in [6, 6.07) is 21.2. The lowest BCUT2D eigenvalue weighted by Gasteiger charge is -2.20. The molecule has 0 radical (unpaired) electrons. The molecule has 0 spiro atoms. The first-order valence-electron chi connectivity index (χ1n) is 11.1. The molecule has 0 aliphatic carbocycles. The third-order valence-corrected chi connectivity index (χ3v) is 5.52. The van der Waals surface area contributed by atoms with Crippen LogP contribution >= 0.6 is 0 Å². The normalized spacial score (nSPS) is 13.2. The summed E-state index contributed by atoms with van der Waals surface area (Å²) in [5, 5.41) is 9.69. The summed E-state index contributed by atoms with van der Waals surface area (Å²) < 4.78 is 1.59. The molecule has 2 aromatic carbocycles. The van der Waals surface area contributed by atoms with E-state index in [0.717, 1.165) is 24.0 Å². The standard InChI is InChI=1S/C25H27N5O3/c31-23(26-13-12-19-8-3-1-4-9-19)17-27-24(32)21-16-22-25(33)29(14-7-15-30(22)28-21)18-20-10-5-2-6-11-20/h1-6,8-11,16H,7,12-15,17-18H2,(H,26,31)(H,27,32). The lowest BCUT2D eigenvalue weighted by atomic mass is 10.1. The number of benzene rings is 2. The average molecular weight is 446 g/mol. The summed E-state index contributed by atoms with van der Waals surface area (Å²) in [7, 11) is 0. The molecule has 8 nitrogen and oxygen atoms in total. The number of nitrogens with zero attached hydrogens (tertiary/aromatic N) is 3. The number of amides is 3. The van der Waals surface area contributed by atoms with Gasteiger partial charge in [-0.05, 0) is 24.0 Å². The molecule has 170 valence electrons. The smallest absolute Gasteiger partial charge is 0.272 e. The maximum Gasteiger partial charge on any atom is 0.272 e. The van der Waals surface area contributed by atoms with Crippen LogP contribution in [-0.4, -0.2) is 52.0 Å². The Kier molecular flexibility index (Phi) is 7.14. The van der Waals surface area contributed by atoms with E-state index < -0.39 is 5.91 Å². The molecule has 0 saturated carbocycles. The van der Waals surface area contributed by atoms with Gasteiger partial charge in [-0.1, -0.05) is 60.7 Å². The van der Waals surface area contributed by atoms with Gasteiger partial charge in [-0.3, -0.25) is 19.1 Å². The van der Waals surface area contributed by atoms with Crippen LogP contribution in [0, 0.1) is 0 Å². The first-order valence-corrected chi connectivity index (χ1v) is 11.1. The zero-order valence-electron chi connectivity index (χ0n) is 18.4. The van der Waals surface area contributed by atoms with Crippen LogP contribution in [0.4, 0.5) is 0 Å². The number of hydrogen-bond acceptors (Lipinski definition) is 4. The van der Waals surface area contributed by atoms with Gasteiger partial charge in [-0.15, -0.1) is 0 Å². The fourth-order valence-corrected chi connectivity index (χ4v) is 3.80. The zero-order chi connectivity index (χ0) is 23.0. The molecule has 0 fully saturated rings. The number of rotatable bonds is 8. The molecule has 3 amide bonds. The van der Waals surface area contributed by atoms with E-state index in [9.17, 15) is 14.4 Å². The van der Waals surface area contributed by atoms with Crippen LogP contribution < -0.4 is 10.6 Å². The minimum Gasteiger partial charge on any atom is -0.354 e. The van der Waals surface area contributed by atoms with Crippen LogP contribution in [0.3, 0.4) is 0 Å². The molecule has 0 saturated heterocycles. The fraction of sp³-hybridized carbons (Fsp3) is 0.280. The van der Waals surface area contributed by atoms with Crippen LogP contribution in [-0.2, 0) is 24.3 Å². The first-order chi connectivity index (χ1) is 16.1. The van der Waals surface area contributed by atoms with Crippen LogP contribution in [0.25, 0.3) is 0 Å². The molecule has 0 unspecified atom stereocenters. The first kappa shape index (κ1) is 22.3. The predicted octanol–water partition coefficient (Wildman–Crippen LogP) is 2.02. The van der Waals surface area contributed by atoms with Crippen molar-refractivity contribution in [1.29, 1.82) is 0 Å². The molecule has 2 N–H and O–H groups in total. The van der Waals surface area contributed by atoms with E-state index in [2.05, 4.69) is 15.7 Å². The van der Waals surface area contributed by atoms with Crippen molar-refractivity contribution >= 4 is 17.7 Å². The molecule has 33 heavy (non-hydrogen) atoms. The van der Waals surface area contributed by atoms with Gasteiger partial charge in [0.1, 0.15) is 5.69 Å². The Morgan fingerprint density at radius 1 is 0.909 bits per heavy atom. The van der Waals surface area contributed by atoms with Crippen molar-refractivity contribution in [3.05, 3.63) is 89.2 Å². The number of nitrogens with one attached hydrogen (secondary N) is 2. The summed E-state index contributed by atoms with van der Waals surface area (Å²) in [4.78, 5) is 39.4. The number of carbonyl (C=O) groups is 3. The van der Waals surface area contributed by atoms with Gasteiger partial charge < -0.3 is 15.5 Å². The Morgan fingerprint density at radius 3 is 2.33 bits per heavy atom. The predicted molar refractivity (Wildman–Crippen MR) is 124 cm³/mol. The quantitative estimate of drug-likeness (QED) is 0.555. The summed E-state index contributed by atoms with van der Waals surface area (Å²) >= 11 is 0. The third kappa shape index (κ3) is 5.85. The number of fused-ring (bicyclic) bond motifs is 1. The van der Waals surface area contributed by atoms with E-state index in [4.69, 9.17) is 0 Å². The van der Waals surface area contributed by atoms with Crippen LogP contribution in [0.1, 0.15) is 38.5 Å². The number of aromatic nitrogens is 2. The van der Waals surface area contributed by atoms with Crippen molar-refractivity contribution < 1.29 is 14.4 Å². The van der Waals surface area contributed by atoms with Crippen LogP contribution in [0.5, 0.6) is 0 Å². The highest BCUT2D eigenvalue weighted by atomic mass is 16.2. The fourth-order valence-electron chi connectivity index (χ4n) is 3.80. The van der Waals surface area contributed by atoms with E-state index in [1.54, 1.807) is 9.58 Å². The number of aryl methyl sites for hydroxylation is 1. The van der Waals surface area contributed by atoms with Crippen molar-refractivity contribution in [2.45, 2.75) is 25.9 Å². The summed E-state index contributed by atoms with van der Waals surface area (Å²) in [6.07, 6.45) is 1.47. The maximum atomic E-state index is 13.0. The second-order valence-corrected chi connectivity index (χ2v) is 7.97. The molecule has 0 bridgehead atoms. The topological polar surface area (TPSA) is 96.3 Å². The molecule has 4 rings (SSSR count). The highest BCUT2D eigenvalue weighted by molar-refractivity contribution is 5.99. The lowest BCUT2D eigenvalue weighted by Crippen LogP contribution is -2.37. The van der Waals surface area contributed by atoms with Crippen molar-refractivity contribution in [1.82, 2.24) is 25.3 Å². The molecule has 0 atom stereocenters. The molecule has 1 aliphatic rings. The summed E-state index contributed by atoms with van der Waals surface area (Å²) in [5.74, 6) is -0.900. The van der Waals surface area contributed by atoms with Gasteiger partial charge in [0.05, 0.1) is 6.54 Å². The Hall–Kier alpha value is -3.94. The molecule has 2 heterocycles. The van der Waals surface area contributed by atoms with Gasteiger partial charge in [0, 0.05) is 32.2 Å². The Bertz CT molecular complexity index is 1110. The monoisotopic (exact) mass is 445 g/mol. The second kappa shape index (κ2) is 10.6. The number of carbonyl (C=O) groups excluding carboxylic acids is 3. The molecule has 3 aromatic rings. The molecular weight excluding hydrogens is 418 g/mol. The van der Waals surface area contributed by atoms with E-state index >= 15 is 0 Å². The SMILES string of the molecule is O=C(CNC(=O)c1cc2n(n1)CCCN(Cc1ccccc1)C2=O)NCCc1ccccc1. The van der Waals surface area contributed by atoms with Gasteiger partial charge in [0.2, 0.25) is 5.91 Å². The van der Waals surface area contributed by atoms with Gasteiger partial charge in [-0.2, -0.15) is 5.10 Å². The molecule has 1 aromatic heterocycles. The van der Waals surface area contributed by atoms with Gasteiger partial charge in [0.15, 0.2) is 5.69 Å². The molecule has 1 aliphatic heterocycles. The Balaban J connectivity index is 1.30. The van der Waals surface area contributed by atoms with Crippen molar-refractivity contribution in [2.75, 3.05) is 19.6 Å². The molecule has 8 heteroatoms. The largest absolute Gasteiger partial charge is 0.354 e. The van der Waals surface area contributed by atoms with E-state index in [1.165, 1.54) is 6.07 Å². The van der Waals surface area contributed by atoms with E-state index in [0.29, 0.717) is 31.9 Å². The second-order valence-electron chi connectivity index (χ2n) is 7.97. The highest BCUT2D eigenvalue weighted by Gasteiger charge is 2.26. The van der Waals surface area contributed by atoms with Crippen molar-refractivity contribution in [2.24, 2.45) is 0 Å². The average Bonchev–Trinajstić information content (AvgIpc) is 3.21. The van der Waals surface area contributed by atoms with Gasteiger partial charge in [-0.25, -0.2) is 0 Å². The molecular formula is C25H27N5O3. The summed E-state index contributed by atoms with van der Waals surface area (Å²) in [6.45, 7) is 2.03. The minimum absolute atomic E-state index is 0.136. The van der Waals surface area contributed by atoms with Crippen LogP contribution in [0.15, 0.2) is 66.7 Å². The van der Waals surface area contributed by atoms with Crippen LogP contribution in [0.2, 0.25) is 0 Å². The Labute approximate surface area is 192 Å². The number of hydrogen-bond donors (Lipinski definition) is 2. The van der Waals surface area contributed by atoms with Crippen molar-refractivity contribution in [3.8, 4) is 0 Å². The zero-order valence-corrected chi connectivity index (χ0v) is 18.4. The third-order valence-electron chi connectivity index (χ3n) is 5.52. The van der Waals surface area contributed by atoms with Gasteiger partial charge in [0.25, 0.3) is 11.8 Å². The lowest BCUT2D eigenvalue weighted by molar-refractivity contribution is -0.120. The Morgan fingerprint density at radius 2 is 1.61 bits per heavy atom. The van der Waals surface area contributed by atoms with E-state index in [1.807, 2.05) is 60.7 Å². The minimum atomic E-state index is -0.476. The van der Waals surface area contributed by atoms with E-state index in [-0.39, 0.29) is 24.1 Å².